The van der Waals surface area contributed by atoms with Gasteiger partial charge in [-0.3, -0.25) is 14.3 Å². The molecule has 0 saturated heterocycles. The summed E-state index contributed by atoms with van der Waals surface area (Å²) in [7, 11) is -3.47. The minimum absolute atomic E-state index is 0.0633. The van der Waals surface area contributed by atoms with Crippen molar-refractivity contribution in [1.29, 1.82) is 0 Å². The van der Waals surface area contributed by atoms with E-state index in [1.807, 2.05) is 24.3 Å². The first-order chi connectivity index (χ1) is 14.3. The molecule has 30 heavy (non-hydrogen) atoms. The molecular formula is C21H27N3O5S. The first-order valence-corrected chi connectivity index (χ1v) is 11.7. The summed E-state index contributed by atoms with van der Waals surface area (Å²) in [6, 6.07) is 8.38. The maximum atomic E-state index is 12.4. The Kier molecular flexibility index (Phi) is 7.28. The highest BCUT2D eigenvalue weighted by atomic mass is 32.2. The molecular weight excluding hydrogens is 406 g/mol. The first kappa shape index (κ1) is 22.0. The van der Waals surface area contributed by atoms with Crippen molar-refractivity contribution in [2.75, 3.05) is 12.4 Å². The Balaban J connectivity index is 1.47. The van der Waals surface area contributed by atoms with Gasteiger partial charge in [0.1, 0.15) is 5.75 Å². The smallest absolute Gasteiger partial charge is 0.328 e. The van der Waals surface area contributed by atoms with Crippen molar-refractivity contribution in [3.05, 3.63) is 75.1 Å². The standard InChI is InChI=1S/C21H27N3O5S/c1-16(18-6-5-7-19(14-18)29-15-17-8-9-17)23-30(27,28)13-4-2-3-11-24-12-10-20(25)22-21(24)26/h2-3,5-7,10,12,14,16-17,23H,4,8-9,11,13,15H2,1H3,(H,22,25,26). The number of aromatic nitrogens is 2. The number of nitrogens with one attached hydrogen (secondary N) is 2. The van der Waals surface area contributed by atoms with Gasteiger partial charge in [-0.2, -0.15) is 0 Å². The molecule has 0 radical (unpaired) electrons. The number of ether oxygens (including phenoxy) is 1. The topological polar surface area (TPSA) is 110 Å². The Morgan fingerprint density at radius 3 is 2.80 bits per heavy atom. The van der Waals surface area contributed by atoms with Crippen LogP contribution in [0.25, 0.3) is 0 Å². The fourth-order valence-electron chi connectivity index (χ4n) is 2.89. The van der Waals surface area contributed by atoms with E-state index in [2.05, 4.69) is 9.71 Å². The molecule has 1 unspecified atom stereocenters. The summed E-state index contributed by atoms with van der Waals surface area (Å²) in [6.07, 6.45) is 7.53. The van der Waals surface area contributed by atoms with Gasteiger partial charge in [-0.1, -0.05) is 24.3 Å². The minimum Gasteiger partial charge on any atom is -0.493 e. The summed E-state index contributed by atoms with van der Waals surface area (Å²) in [6.45, 7) is 2.77. The Labute approximate surface area is 175 Å². The van der Waals surface area contributed by atoms with Gasteiger partial charge in [-0.15, -0.1) is 0 Å². The van der Waals surface area contributed by atoms with Crippen LogP contribution in [-0.2, 0) is 16.6 Å². The van der Waals surface area contributed by atoms with Crippen molar-refractivity contribution in [2.45, 2.75) is 38.8 Å². The molecule has 8 nitrogen and oxygen atoms in total. The second-order valence-corrected chi connectivity index (χ2v) is 9.38. The highest BCUT2D eigenvalue weighted by Gasteiger charge is 2.22. The van der Waals surface area contributed by atoms with Crippen LogP contribution in [-0.4, -0.2) is 30.3 Å². The lowest BCUT2D eigenvalue weighted by atomic mass is 10.1. The number of aromatic amines is 1. The van der Waals surface area contributed by atoms with E-state index in [9.17, 15) is 18.0 Å². The van der Waals surface area contributed by atoms with Gasteiger partial charge in [0.15, 0.2) is 0 Å². The van der Waals surface area contributed by atoms with Gasteiger partial charge in [0.25, 0.3) is 5.56 Å². The second-order valence-electron chi connectivity index (χ2n) is 7.51. The van der Waals surface area contributed by atoms with Crippen LogP contribution in [0.2, 0.25) is 0 Å². The first-order valence-electron chi connectivity index (χ1n) is 10.00. The Morgan fingerprint density at radius 2 is 2.07 bits per heavy atom. The van der Waals surface area contributed by atoms with Crippen molar-refractivity contribution in [1.82, 2.24) is 14.3 Å². The third-order valence-corrected chi connectivity index (χ3v) is 6.30. The minimum atomic E-state index is -3.47. The lowest BCUT2D eigenvalue weighted by Crippen LogP contribution is -2.29. The van der Waals surface area contributed by atoms with Gasteiger partial charge >= 0.3 is 5.69 Å². The Hall–Kier alpha value is -2.65. The average molecular weight is 434 g/mol. The lowest BCUT2D eigenvalue weighted by Gasteiger charge is -2.15. The van der Waals surface area contributed by atoms with E-state index in [0.29, 0.717) is 18.9 Å². The van der Waals surface area contributed by atoms with Crippen LogP contribution >= 0.6 is 0 Å². The molecule has 1 aliphatic carbocycles. The van der Waals surface area contributed by atoms with E-state index in [4.69, 9.17) is 4.74 Å². The molecule has 1 saturated carbocycles. The molecule has 0 aliphatic heterocycles. The number of nitrogens with zero attached hydrogens (tertiary/aromatic N) is 1. The normalized spacial score (nSPS) is 15.4. The number of sulfonamides is 1. The number of benzene rings is 1. The SMILES string of the molecule is CC(NS(=O)(=O)CCC=CCn1ccc(=O)[nH]c1=O)c1cccc(OCC2CC2)c1. The number of H-pyrrole nitrogens is 1. The molecule has 2 aromatic rings. The van der Waals surface area contributed by atoms with Crippen molar-refractivity contribution in [3.63, 3.8) is 0 Å². The molecule has 1 aromatic heterocycles. The summed E-state index contributed by atoms with van der Waals surface area (Å²) < 4.78 is 34.5. The fraction of sp³-hybridized carbons (Fsp3) is 0.429. The van der Waals surface area contributed by atoms with Crippen LogP contribution in [0.1, 0.15) is 37.8 Å². The summed E-state index contributed by atoms with van der Waals surface area (Å²) in [5.41, 5.74) is -0.106. The van der Waals surface area contributed by atoms with E-state index in [0.717, 1.165) is 11.3 Å². The quantitative estimate of drug-likeness (QED) is 0.526. The monoisotopic (exact) mass is 433 g/mol. The predicted octanol–water partition coefficient (Wildman–Crippen LogP) is 1.95. The van der Waals surface area contributed by atoms with Crippen LogP contribution in [0.3, 0.4) is 0 Å². The van der Waals surface area contributed by atoms with Gasteiger partial charge < -0.3 is 4.74 Å². The van der Waals surface area contributed by atoms with Gasteiger partial charge in [0.2, 0.25) is 10.0 Å². The molecule has 0 spiro atoms. The van der Waals surface area contributed by atoms with E-state index in [1.54, 1.807) is 19.1 Å². The Bertz CT molecular complexity index is 1100. The van der Waals surface area contributed by atoms with Crippen molar-refractivity contribution in [3.8, 4) is 5.75 Å². The van der Waals surface area contributed by atoms with Gasteiger partial charge in [-0.05, 0) is 49.8 Å². The van der Waals surface area contributed by atoms with Crippen LogP contribution in [0.5, 0.6) is 5.75 Å². The third kappa shape index (κ3) is 7.00. The predicted molar refractivity (Wildman–Crippen MR) is 115 cm³/mol. The molecule has 1 aliphatic rings. The summed E-state index contributed by atoms with van der Waals surface area (Å²) >= 11 is 0. The molecule has 3 rings (SSSR count). The zero-order valence-corrected chi connectivity index (χ0v) is 17.7. The Morgan fingerprint density at radius 1 is 1.27 bits per heavy atom. The maximum absolute atomic E-state index is 12.4. The molecule has 0 bridgehead atoms. The molecule has 1 heterocycles. The lowest BCUT2D eigenvalue weighted by molar-refractivity contribution is 0.299. The van der Waals surface area contributed by atoms with E-state index < -0.39 is 21.3 Å². The van der Waals surface area contributed by atoms with Gasteiger partial charge in [-0.25, -0.2) is 17.9 Å². The highest BCUT2D eigenvalue weighted by Crippen LogP contribution is 2.30. The molecule has 1 atom stereocenters. The van der Waals surface area contributed by atoms with E-state index >= 15 is 0 Å². The zero-order chi connectivity index (χ0) is 21.6. The third-order valence-electron chi connectivity index (χ3n) is 4.82. The van der Waals surface area contributed by atoms with Crippen molar-refractivity contribution >= 4 is 10.0 Å². The molecule has 9 heteroatoms. The van der Waals surface area contributed by atoms with Crippen molar-refractivity contribution in [2.24, 2.45) is 5.92 Å². The fourth-order valence-corrected chi connectivity index (χ4v) is 4.12. The van der Waals surface area contributed by atoms with Crippen LogP contribution in [0.15, 0.2) is 58.3 Å². The number of allylic oxidation sites excluding steroid dienone is 2. The van der Waals surface area contributed by atoms with Crippen molar-refractivity contribution < 1.29 is 13.2 Å². The zero-order valence-electron chi connectivity index (χ0n) is 16.9. The summed E-state index contributed by atoms with van der Waals surface area (Å²) in [4.78, 5) is 24.8. The number of rotatable bonds is 11. The highest BCUT2D eigenvalue weighted by molar-refractivity contribution is 7.89. The molecule has 0 amide bonds. The summed E-state index contributed by atoms with van der Waals surface area (Å²) in [5, 5.41) is 0. The van der Waals surface area contributed by atoms with Crippen LogP contribution in [0, 0.1) is 5.92 Å². The van der Waals surface area contributed by atoms with Crippen LogP contribution < -0.4 is 20.7 Å². The maximum Gasteiger partial charge on any atom is 0.328 e. The second kappa shape index (κ2) is 9.90. The van der Waals surface area contributed by atoms with E-state index in [1.165, 1.54) is 29.7 Å². The molecule has 1 fully saturated rings. The van der Waals surface area contributed by atoms with Crippen LogP contribution in [0.4, 0.5) is 0 Å². The number of hydrogen-bond acceptors (Lipinski definition) is 5. The van der Waals surface area contributed by atoms with E-state index in [-0.39, 0.29) is 18.3 Å². The molecule has 2 N–H and O–H groups in total. The largest absolute Gasteiger partial charge is 0.493 e. The van der Waals surface area contributed by atoms with Gasteiger partial charge in [0.05, 0.1) is 12.4 Å². The molecule has 1 aromatic carbocycles. The molecule has 162 valence electrons. The summed E-state index contributed by atoms with van der Waals surface area (Å²) in [5.74, 6) is 1.35. The average Bonchev–Trinajstić information content (AvgIpc) is 3.52. The number of hydrogen-bond donors (Lipinski definition) is 2. The van der Waals surface area contributed by atoms with Gasteiger partial charge in [0, 0.05) is 24.8 Å².